The largest absolute Gasteiger partial charge is 0.496 e. The first-order valence-electron chi connectivity index (χ1n) is 14.0. The van der Waals surface area contributed by atoms with E-state index in [1.165, 1.54) is 21.3 Å². The molecular weight excluding hydrogens is 576 g/mol. The highest BCUT2D eigenvalue weighted by Crippen LogP contribution is 2.51. The predicted octanol–water partition coefficient (Wildman–Crippen LogP) is 7.10. The second kappa shape index (κ2) is 13.5. The number of hydrogen-bond acceptors (Lipinski definition) is 9. The first kappa shape index (κ1) is 32.6. The molecule has 0 fully saturated rings. The van der Waals surface area contributed by atoms with E-state index in [1.807, 2.05) is 20.8 Å². The van der Waals surface area contributed by atoms with Gasteiger partial charge in [0.15, 0.2) is 18.9 Å². The van der Waals surface area contributed by atoms with E-state index in [-0.39, 0.29) is 0 Å². The van der Waals surface area contributed by atoms with Crippen molar-refractivity contribution < 1.29 is 42.8 Å². The molecule has 9 nitrogen and oxygen atoms in total. The van der Waals surface area contributed by atoms with Crippen LogP contribution in [0.25, 0.3) is 33.4 Å². The van der Waals surface area contributed by atoms with E-state index in [9.17, 15) is 14.4 Å². The number of rotatable bonds is 12. The van der Waals surface area contributed by atoms with Crippen LogP contribution in [0.2, 0.25) is 0 Å². The van der Waals surface area contributed by atoms with E-state index < -0.39 is 0 Å². The molecule has 4 rings (SSSR count). The zero-order valence-corrected chi connectivity index (χ0v) is 26.9. The highest BCUT2D eigenvalue weighted by atomic mass is 16.5. The van der Waals surface area contributed by atoms with Gasteiger partial charge in [-0.1, -0.05) is 0 Å². The van der Waals surface area contributed by atoms with Gasteiger partial charge in [0, 0.05) is 34.9 Å². The fourth-order valence-electron chi connectivity index (χ4n) is 6.06. The third-order valence-electron chi connectivity index (χ3n) is 8.09. The second-order valence-corrected chi connectivity index (χ2v) is 10.2. The van der Waals surface area contributed by atoms with E-state index in [0.29, 0.717) is 67.9 Å². The minimum absolute atomic E-state index is 0.339. The lowest BCUT2D eigenvalue weighted by molar-refractivity contribution is 0.111. The zero-order valence-electron chi connectivity index (χ0n) is 26.9. The van der Waals surface area contributed by atoms with Crippen molar-refractivity contribution in [2.24, 2.45) is 0 Å². The number of benzene rings is 4. The topological polar surface area (TPSA) is 107 Å². The molecule has 234 valence electrons. The summed E-state index contributed by atoms with van der Waals surface area (Å²) in [6.07, 6.45) is 2.19. The molecular formula is C36H36O9. The first-order chi connectivity index (χ1) is 21.7. The third kappa shape index (κ3) is 5.57. The van der Waals surface area contributed by atoms with Crippen molar-refractivity contribution >= 4 is 18.9 Å². The molecule has 0 aliphatic rings. The van der Waals surface area contributed by atoms with E-state index in [1.54, 1.807) is 57.7 Å². The van der Waals surface area contributed by atoms with E-state index in [4.69, 9.17) is 28.4 Å². The van der Waals surface area contributed by atoms with Crippen molar-refractivity contribution in [2.45, 2.75) is 20.8 Å². The SMILES string of the molecule is COc1cc(OC)c(-c2c(C)c(-c3cc(C=O)c(OC)cc3OC)c(C)c(-c3cc(C=O)c(OC)cc3OC)c2C)cc1C=O. The number of carbonyl (C=O) groups is 3. The molecule has 45 heavy (non-hydrogen) atoms. The van der Waals surface area contributed by atoms with Gasteiger partial charge in [-0.2, -0.15) is 0 Å². The molecule has 4 aromatic rings. The second-order valence-electron chi connectivity index (χ2n) is 10.2. The molecule has 0 unspecified atom stereocenters. The van der Waals surface area contributed by atoms with Crippen LogP contribution in [0.15, 0.2) is 36.4 Å². The molecule has 0 radical (unpaired) electrons. The van der Waals surface area contributed by atoms with Gasteiger partial charge in [0.05, 0.1) is 59.3 Å². The van der Waals surface area contributed by atoms with Gasteiger partial charge in [-0.15, -0.1) is 0 Å². The fraction of sp³-hybridized carbons (Fsp3) is 0.250. The lowest BCUT2D eigenvalue weighted by Crippen LogP contribution is -2.05. The van der Waals surface area contributed by atoms with Crippen LogP contribution in [-0.2, 0) is 0 Å². The maximum absolute atomic E-state index is 12.2. The van der Waals surface area contributed by atoms with Crippen molar-refractivity contribution in [3.8, 4) is 67.9 Å². The minimum atomic E-state index is 0.339. The molecule has 0 aromatic heterocycles. The van der Waals surface area contributed by atoms with Crippen LogP contribution in [0.4, 0.5) is 0 Å². The van der Waals surface area contributed by atoms with Crippen molar-refractivity contribution in [3.63, 3.8) is 0 Å². The van der Waals surface area contributed by atoms with E-state index >= 15 is 0 Å². The lowest BCUT2D eigenvalue weighted by Gasteiger charge is -2.26. The molecule has 0 aliphatic heterocycles. The Balaban J connectivity index is 2.30. The Morgan fingerprint density at radius 2 is 0.600 bits per heavy atom. The molecule has 0 atom stereocenters. The maximum Gasteiger partial charge on any atom is 0.153 e. The van der Waals surface area contributed by atoms with Crippen LogP contribution in [0.5, 0.6) is 34.5 Å². The smallest absolute Gasteiger partial charge is 0.153 e. The average Bonchev–Trinajstić information content (AvgIpc) is 3.07. The highest BCUT2D eigenvalue weighted by Gasteiger charge is 2.27. The number of hydrogen-bond donors (Lipinski definition) is 0. The van der Waals surface area contributed by atoms with Crippen molar-refractivity contribution in [3.05, 3.63) is 69.8 Å². The van der Waals surface area contributed by atoms with Crippen LogP contribution >= 0.6 is 0 Å². The van der Waals surface area contributed by atoms with Crippen LogP contribution in [0.3, 0.4) is 0 Å². The molecule has 0 spiro atoms. The summed E-state index contributed by atoms with van der Waals surface area (Å²) in [6, 6.07) is 10.2. The number of ether oxygens (including phenoxy) is 6. The summed E-state index contributed by atoms with van der Waals surface area (Å²) in [4.78, 5) is 36.5. The Bertz CT molecular complexity index is 1570. The molecule has 0 saturated carbocycles. The summed E-state index contributed by atoms with van der Waals surface area (Å²) < 4.78 is 33.8. The summed E-state index contributed by atoms with van der Waals surface area (Å²) in [7, 11) is 9.10. The fourth-order valence-corrected chi connectivity index (χ4v) is 6.06. The lowest BCUT2D eigenvalue weighted by atomic mass is 9.79. The highest BCUT2D eigenvalue weighted by molar-refractivity contribution is 5.98. The third-order valence-corrected chi connectivity index (χ3v) is 8.09. The molecule has 0 aliphatic carbocycles. The van der Waals surface area contributed by atoms with Gasteiger partial charge in [0.25, 0.3) is 0 Å². The summed E-state index contributed by atoms with van der Waals surface area (Å²) in [5.41, 5.74) is 7.74. The predicted molar refractivity (Wildman–Crippen MR) is 172 cm³/mol. The summed E-state index contributed by atoms with van der Waals surface area (Å²) in [5, 5.41) is 0. The van der Waals surface area contributed by atoms with Gasteiger partial charge >= 0.3 is 0 Å². The Morgan fingerprint density at radius 1 is 0.378 bits per heavy atom. The summed E-state index contributed by atoms with van der Waals surface area (Å²) in [5.74, 6) is 2.55. The van der Waals surface area contributed by atoms with Gasteiger partial charge in [-0.25, -0.2) is 0 Å². The average molecular weight is 613 g/mol. The molecule has 0 saturated heterocycles. The Morgan fingerprint density at radius 3 is 0.778 bits per heavy atom. The minimum Gasteiger partial charge on any atom is -0.496 e. The quantitative estimate of drug-likeness (QED) is 0.155. The van der Waals surface area contributed by atoms with Gasteiger partial charge in [0.1, 0.15) is 34.5 Å². The van der Waals surface area contributed by atoms with Crippen LogP contribution in [0, 0.1) is 20.8 Å². The van der Waals surface area contributed by atoms with Gasteiger partial charge in [-0.05, 0) is 72.4 Å². The standard InChI is InChI=1S/C36H36O9/c1-19-34(25-10-22(16-37)28(40-4)13-31(25)43-7)20(2)36(27-12-24(18-39)30(42-6)15-33(27)45-9)21(3)35(19)26-11-23(17-38)29(41-5)14-32(26)44-8/h10-18H,1-9H3. The van der Waals surface area contributed by atoms with Crippen LogP contribution < -0.4 is 28.4 Å². The molecule has 0 heterocycles. The Labute approximate surface area is 262 Å². The summed E-state index contributed by atoms with van der Waals surface area (Å²) >= 11 is 0. The van der Waals surface area contributed by atoms with Gasteiger partial charge < -0.3 is 28.4 Å². The molecule has 0 bridgehead atoms. The maximum atomic E-state index is 12.2. The zero-order chi connectivity index (χ0) is 33.0. The summed E-state index contributed by atoms with van der Waals surface area (Å²) in [6.45, 7) is 5.89. The van der Waals surface area contributed by atoms with Gasteiger partial charge in [0.2, 0.25) is 0 Å². The Hall–Kier alpha value is -5.31. The first-order valence-corrected chi connectivity index (χ1v) is 14.0. The van der Waals surface area contributed by atoms with E-state index in [0.717, 1.165) is 52.2 Å². The number of aldehydes is 3. The monoisotopic (exact) mass is 612 g/mol. The molecule has 0 N–H and O–H groups in total. The molecule has 0 amide bonds. The van der Waals surface area contributed by atoms with Crippen LogP contribution in [-0.4, -0.2) is 61.5 Å². The Kier molecular flexibility index (Phi) is 9.82. The van der Waals surface area contributed by atoms with Crippen molar-refractivity contribution in [1.29, 1.82) is 0 Å². The molecule has 4 aromatic carbocycles. The molecule has 9 heteroatoms. The van der Waals surface area contributed by atoms with Gasteiger partial charge in [-0.3, -0.25) is 14.4 Å². The van der Waals surface area contributed by atoms with Crippen LogP contribution in [0.1, 0.15) is 47.8 Å². The van der Waals surface area contributed by atoms with Crippen molar-refractivity contribution in [2.75, 3.05) is 42.7 Å². The van der Waals surface area contributed by atoms with E-state index in [2.05, 4.69) is 0 Å². The normalized spacial score (nSPS) is 10.6. The van der Waals surface area contributed by atoms with Crippen molar-refractivity contribution in [1.82, 2.24) is 0 Å². The number of methoxy groups -OCH3 is 6. The number of carbonyl (C=O) groups excluding carboxylic acids is 3.